The fourth-order valence-electron chi connectivity index (χ4n) is 2.03. The number of nitrogens with zero attached hydrogens (tertiary/aromatic N) is 3. The van der Waals surface area contributed by atoms with Gasteiger partial charge in [0.25, 0.3) is 0 Å². The molecule has 0 atom stereocenters. The Bertz CT molecular complexity index is 342. The lowest BCUT2D eigenvalue weighted by molar-refractivity contribution is -0.128. The predicted molar refractivity (Wildman–Crippen MR) is 82.8 cm³/mol. The predicted octanol–water partition coefficient (Wildman–Crippen LogP) is 0.868. The molecule has 1 aliphatic rings. The van der Waals surface area contributed by atoms with Gasteiger partial charge in [-0.15, -0.1) is 0 Å². The largest absolute Gasteiger partial charge is 0.356 e. The summed E-state index contributed by atoms with van der Waals surface area (Å²) in [5, 5.41) is 3.28. The normalized spacial score (nSPS) is 19.2. The van der Waals surface area contributed by atoms with Gasteiger partial charge >= 0.3 is 0 Å². The van der Waals surface area contributed by atoms with E-state index in [1.54, 1.807) is 26.0 Å². The lowest BCUT2D eigenvalue weighted by Crippen LogP contribution is -2.51. The number of hydrogen-bond acceptors (Lipinski definition) is 3. The Morgan fingerprint density at radius 3 is 2.68 bits per heavy atom. The number of guanidine groups is 1. The van der Waals surface area contributed by atoms with E-state index in [-0.39, 0.29) is 10.7 Å². The summed E-state index contributed by atoms with van der Waals surface area (Å²) in [7, 11) is 5.36. The second kappa shape index (κ2) is 7.03. The summed E-state index contributed by atoms with van der Waals surface area (Å²) in [6, 6.07) is 0. The van der Waals surface area contributed by atoms with Gasteiger partial charge in [-0.3, -0.25) is 9.79 Å². The summed E-state index contributed by atoms with van der Waals surface area (Å²) >= 11 is 2.00. The highest BCUT2D eigenvalue weighted by atomic mass is 32.2. The van der Waals surface area contributed by atoms with E-state index in [1.165, 1.54) is 0 Å². The van der Waals surface area contributed by atoms with Crippen LogP contribution in [0.25, 0.3) is 0 Å². The zero-order valence-electron chi connectivity index (χ0n) is 12.7. The Balaban J connectivity index is 2.44. The molecule has 6 heteroatoms. The first-order chi connectivity index (χ1) is 8.85. The van der Waals surface area contributed by atoms with E-state index in [1.807, 2.05) is 11.8 Å². The van der Waals surface area contributed by atoms with Gasteiger partial charge in [0.15, 0.2) is 5.96 Å². The van der Waals surface area contributed by atoms with E-state index in [0.717, 1.165) is 24.8 Å². The van der Waals surface area contributed by atoms with E-state index >= 15 is 0 Å². The average molecular weight is 286 g/mol. The first-order valence-corrected chi connectivity index (χ1v) is 7.64. The van der Waals surface area contributed by atoms with Crippen LogP contribution in [0.5, 0.6) is 0 Å². The van der Waals surface area contributed by atoms with Gasteiger partial charge in [-0.2, -0.15) is 11.8 Å². The quantitative estimate of drug-likeness (QED) is 0.618. The fraction of sp³-hybridized carbons (Fsp3) is 0.846. The van der Waals surface area contributed by atoms with E-state index in [2.05, 4.69) is 29.1 Å². The van der Waals surface area contributed by atoms with Crippen molar-refractivity contribution in [1.29, 1.82) is 0 Å². The SMILES string of the molecule is CN=C(NCCC(=O)N(C)C)N1CCSC(C)(C)C1. The Kier molecular flexibility index (Phi) is 5.97. The highest BCUT2D eigenvalue weighted by molar-refractivity contribution is 8.00. The van der Waals surface area contributed by atoms with Crippen LogP contribution in [0.3, 0.4) is 0 Å². The molecule has 0 aromatic heterocycles. The van der Waals surface area contributed by atoms with Crippen LogP contribution in [-0.2, 0) is 4.79 Å². The van der Waals surface area contributed by atoms with Crippen molar-refractivity contribution in [3.63, 3.8) is 0 Å². The molecule has 0 radical (unpaired) electrons. The summed E-state index contributed by atoms with van der Waals surface area (Å²) in [5.74, 6) is 2.15. The molecule has 0 bridgehead atoms. The summed E-state index contributed by atoms with van der Waals surface area (Å²) < 4.78 is 0.259. The molecule has 0 saturated carbocycles. The highest BCUT2D eigenvalue weighted by Crippen LogP contribution is 2.29. The van der Waals surface area contributed by atoms with E-state index in [0.29, 0.717) is 13.0 Å². The average Bonchev–Trinajstić information content (AvgIpc) is 2.32. The molecular formula is C13H26N4OS. The van der Waals surface area contributed by atoms with Crippen LogP contribution in [0.4, 0.5) is 0 Å². The number of amides is 1. The second-order valence-electron chi connectivity index (χ2n) is 5.54. The topological polar surface area (TPSA) is 47.9 Å². The molecule has 1 fully saturated rings. The van der Waals surface area contributed by atoms with Gasteiger partial charge in [0.05, 0.1) is 0 Å². The zero-order valence-corrected chi connectivity index (χ0v) is 13.5. The van der Waals surface area contributed by atoms with Gasteiger partial charge in [-0.1, -0.05) is 0 Å². The first kappa shape index (κ1) is 16.1. The molecule has 5 nitrogen and oxygen atoms in total. The van der Waals surface area contributed by atoms with Crippen LogP contribution in [0.2, 0.25) is 0 Å². The summed E-state index contributed by atoms with van der Waals surface area (Å²) in [5.41, 5.74) is 0. The standard InChI is InChI=1S/C13H26N4OS/c1-13(2)10-17(8-9-19-13)12(14-3)15-7-6-11(18)16(4)5/h6-10H2,1-5H3,(H,14,15). The molecule has 0 unspecified atom stereocenters. The van der Waals surface area contributed by atoms with E-state index in [4.69, 9.17) is 0 Å². The van der Waals surface area contributed by atoms with Gasteiger partial charge in [-0.05, 0) is 13.8 Å². The van der Waals surface area contributed by atoms with Gasteiger partial charge in [0, 0.05) is 57.7 Å². The lowest BCUT2D eigenvalue weighted by atomic mass is 10.2. The minimum Gasteiger partial charge on any atom is -0.356 e. The monoisotopic (exact) mass is 286 g/mol. The first-order valence-electron chi connectivity index (χ1n) is 6.65. The van der Waals surface area contributed by atoms with Gasteiger partial charge < -0.3 is 15.1 Å². The van der Waals surface area contributed by atoms with Gasteiger partial charge in [-0.25, -0.2) is 0 Å². The molecule has 1 heterocycles. The summed E-state index contributed by atoms with van der Waals surface area (Å²) in [6.07, 6.45) is 0.498. The van der Waals surface area contributed by atoms with Crippen molar-refractivity contribution in [1.82, 2.24) is 15.1 Å². The number of nitrogens with one attached hydrogen (secondary N) is 1. The molecule has 0 aliphatic carbocycles. The number of carbonyl (C=O) groups excluding carboxylic acids is 1. The number of rotatable bonds is 3. The van der Waals surface area contributed by atoms with Crippen molar-refractivity contribution < 1.29 is 4.79 Å². The minimum absolute atomic E-state index is 0.137. The number of carbonyl (C=O) groups is 1. The molecule has 1 amide bonds. The van der Waals surface area contributed by atoms with Crippen LogP contribution >= 0.6 is 11.8 Å². The molecule has 0 spiro atoms. The minimum atomic E-state index is 0.137. The molecule has 110 valence electrons. The zero-order chi connectivity index (χ0) is 14.5. The van der Waals surface area contributed by atoms with Crippen LogP contribution < -0.4 is 5.32 Å². The van der Waals surface area contributed by atoms with Crippen molar-refractivity contribution in [3.8, 4) is 0 Å². The number of thioether (sulfide) groups is 1. The second-order valence-corrected chi connectivity index (χ2v) is 7.34. The maximum atomic E-state index is 11.5. The number of aliphatic imine (C=N–C) groups is 1. The van der Waals surface area contributed by atoms with Crippen LogP contribution in [-0.4, -0.2) is 72.9 Å². The number of hydrogen-bond donors (Lipinski definition) is 1. The van der Waals surface area contributed by atoms with Crippen molar-refractivity contribution in [2.75, 3.05) is 46.5 Å². The lowest BCUT2D eigenvalue weighted by Gasteiger charge is -2.39. The van der Waals surface area contributed by atoms with E-state index < -0.39 is 0 Å². The fourth-order valence-corrected chi connectivity index (χ4v) is 3.15. The Morgan fingerprint density at radius 2 is 2.16 bits per heavy atom. The molecule has 1 aliphatic heterocycles. The van der Waals surface area contributed by atoms with Crippen LogP contribution in [0.15, 0.2) is 4.99 Å². The Morgan fingerprint density at radius 1 is 1.47 bits per heavy atom. The molecule has 0 aromatic carbocycles. The van der Waals surface area contributed by atoms with Crippen molar-refractivity contribution >= 4 is 23.6 Å². The molecule has 1 N–H and O–H groups in total. The van der Waals surface area contributed by atoms with Crippen LogP contribution in [0, 0.1) is 0 Å². The van der Waals surface area contributed by atoms with Gasteiger partial charge in [0.2, 0.25) is 5.91 Å². The molecule has 0 aromatic rings. The van der Waals surface area contributed by atoms with Crippen molar-refractivity contribution in [2.45, 2.75) is 25.0 Å². The smallest absolute Gasteiger partial charge is 0.223 e. The van der Waals surface area contributed by atoms with Gasteiger partial charge in [0.1, 0.15) is 0 Å². The molecule has 1 saturated heterocycles. The third-order valence-corrected chi connectivity index (χ3v) is 4.36. The molecular weight excluding hydrogens is 260 g/mol. The van der Waals surface area contributed by atoms with Crippen molar-refractivity contribution in [3.05, 3.63) is 0 Å². The van der Waals surface area contributed by atoms with Crippen molar-refractivity contribution in [2.24, 2.45) is 4.99 Å². The Labute approximate surface area is 120 Å². The Hall–Kier alpha value is -0.910. The van der Waals surface area contributed by atoms with Crippen LogP contribution in [0.1, 0.15) is 20.3 Å². The summed E-state index contributed by atoms with van der Waals surface area (Å²) in [4.78, 5) is 19.7. The molecule has 1 rings (SSSR count). The third-order valence-electron chi connectivity index (χ3n) is 3.06. The maximum Gasteiger partial charge on any atom is 0.223 e. The van der Waals surface area contributed by atoms with E-state index in [9.17, 15) is 4.79 Å². The summed E-state index contributed by atoms with van der Waals surface area (Å²) in [6.45, 7) is 7.14. The highest BCUT2D eigenvalue weighted by Gasteiger charge is 2.28. The maximum absolute atomic E-state index is 11.5. The molecule has 19 heavy (non-hydrogen) atoms. The third kappa shape index (κ3) is 5.30.